The lowest BCUT2D eigenvalue weighted by atomic mass is 10.2. The van der Waals surface area contributed by atoms with E-state index in [0.717, 1.165) is 34.5 Å². The Kier molecular flexibility index (Phi) is 4.48. The van der Waals surface area contributed by atoms with Crippen molar-refractivity contribution < 1.29 is 14.6 Å². The number of rotatable bonds is 5. The maximum atomic E-state index is 10.6. The number of nitrogens with zero attached hydrogens (tertiary/aromatic N) is 1. The molecule has 0 saturated heterocycles. The van der Waals surface area contributed by atoms with Crippen molar-refractivity contribution in [3.63, 3.8) is 0 Å². The van der Waals surface area contributed by atoms with E-state index >= 15 is 0 Å². The molecule has 0 spiro atoms. The molecule has 1 aromatic heterocycles. The van der Waals surface area contributed by atoms with Crippen molar-refractivity contribution in [2.45, 2.75) is 20.8 Å². The number of benzene rings is 1. The molecule has 2 aromatic rings. The Bertz CT molecular complexity index is 666. The van der Waals surface area contributed by atoms with Crippen molar-refractivity contribution >= 4 is 12.0 Å². The topological polar surface area (TPSA) is 51.5 Å². The molecule has 0 amide bonds. The molecule has 0 bridgehead atoms. The van der Waals surface area contributed by atoms with Gasteiger partial charge in [0.15, 0.2) is 0 Å². The molecule has 1 aromatic carbocycles. The van der Waals surface area contributed by atoms with E-state index in [4.69, 9.17) is 9.84 Å². The zero-order valence-corrected chi connectivity index (χ0v) is 12.5. The van der Waals surface area contributed by atoms with Crippen molar-refractivity contribution in [3.05, 3.63) is 53.4 Å². The van der Waals surface area contributed by atoms with Crippen LogP contribution in [0.3, 0.4) is 0 Å². The Morgan fingerprint density at radius 2 is 1.95 bits per heavy atom. The summed E-state index contributed by atoms with van der Waals surface area (Å²) in [5.41, 5.74) is 4.00. The molecule has 4 heteroatoms. The van der Waals surface area contributed by atoms with Gasteiger partial charge in [0.2, 0.25) is 0 Å². The molecule has 0 fully saturated rings. The van der Waals surface area contributed by atoms with E-state index in [-0.39, 0.29) is 0 Å². The van der Waals surface area contributed by atoms with E-state index in [2.05, 4.69) is 4.57 Å². The minimum atomic E-state index is -0.944. The Morgan fingerprint density at radius 3 is 2.52 bits per heavy atom. The summed E-state index contributed by atoms with van der Waals surface area (Å²) in [6.07, 6.45) is 2.78. The molecule has 2 rings (SSSR count). The summed E-state index contributed by atoms with van der Waals surface area (Å²) in [7, 11) is 0. The first-order valence-corrected chi connectivity index (χ1v) is 6.86. The number of carboxylic acid groups (broad SMARTS) is 1. The van der Waals surface area contributed by atoms with Crippen LogP contribution in [0.4, 0.5) is 0 Å². The molecule has 0 aliphatic heterocycles. The van der Waals surface area contributed by atoms with Crippen molar-refractivity contribution in [1.29, 1.82) is 0 Å². The van der Waals surface area contributed by atoms with Gasteiger partial charge in [0.1, 0.15) is 5.75 Å². The molecule has 4 nitrogen and oxygen atoms in total. The first-order chi connectivity index (χ1) is 10.0. The van der Waals surface area contributed by atoms with E-state index < -0.39 is 5.97 Å². The smallest absolute Gasteiger partial charge is 0.328 e. The number of aryl methyl sites for hydroxylation is 1. The van der Waals surface area contributed by atoms with Crippen molar-refractivity contribution in [2.75, 3.05) is 6.61 Å². The molecular formula is C17H19NO3. The molecule has 1 heterocycles. The molecule has 0 aliphatic rings. The van der Waals surface area contributed by atoms with Crippen LogP contribution in [-0.2, 0) is 4.79 Å². The van der Waals surface area contributed by atoms with E-state index in [9.17, 15) is 4.79 Å². The van der Waals surface area contributed by atoms with E-state index in [1.807, 2.05) is 51.1 Å². The summed E-state index contributed by atoms with van der Waals surface area (Å²) in [6, 6.07) is 9.84. The fourth-order valence-corrected chi connectivity index (χ4v) is 2.37. The fraction of sp³-hybridized carbons (Fsp3) is 0.235. The zero-order valence-electron chi connectivity index (χ0n) is 12.5. The van der Waals surface area contributed by atoms with Gasteiger partial charge in [-0.3, -0.25) is 0 Å². The Labute approximate surface area is 124 Å². The summed E-state index contributed by atoms with van der Waals surface area (Å²) in [4.78, 5) is 10.6. The van der Waals surface area contributed by atoms with E-state index in [1.165, 1.54) is 0 Å². The normalized spacial score (nSPS) is 11.0. The second-order valence-corrected chi connectivity index (χ2v) is 4.76. The Hall–Kier alpha value is -2.49. The molecular weight excluding hydrogens is 266 g/mol. The lowest BCUT2D eigenvalue weighted by Gasteiger charge is -2.11. The number of aromatic nitrogens is 1. The second-order valence-electron chi connectivity index (χ2n) is 4.76. The van der Waals surface area contributed by atoms with Gasteiger partial charge in [0.05, 0.1) is 6.61 Å². The summed E-state index contributed by atoms with van der Waals surface area (Å²) < 4.78 is 7.54. The third-order valence-electron chi connectivity index (χ3n) is 3.28. The van der Waals surface area contributed by atoms with Crippen LogP contribution >= 0.6 is 0 Å². The van der Waals surface area contributed by atoms with Gasteiger partial charge in [-0.25, -0.2) is 4.79 Å². The van der Waals surface area contributed by atoms with Crippen LogP contribution in [0.25, 0.3) is 11.8 Å². The molecule has 0 radical (unpaired) electrons. The van der Waals surface area contributed by atoms with Gasteiger partial charge in [0, 0.05) is 23.2 Å². The van der Waals surface area contributed by atoms with Gasteiger partial charge in [-0.2, -0.15) is 0 Å². The van der Waals surface area contributed by atoms with Gasteiger partial charge >= 0.3 is 5.97 Å². The van der Waals surface area contributed by atoms with Crippen LogP contribution in [0, 0.1) is 13.8 Å². The van der Waals surface area contributed by atoms with E-state index in [0.29, 0.717) is 6.61 Å². The van der Waals surface area contributed by atoms with Crippen LogP contribution < -0.4 is 4.74 Å². The average Bonchev–Trinajstić information content (AvgIpc) is 2.73. The van der Waals surface area contributed by atoms with Crippen LogP contribution in [0.5, 0.6) is 5.75 Å². The molecule has 21 heavy (non-hydrogen) atoms. The van der Waals surface area contributed by atoms with Crippen molar-refractivity contribution in [1.82, 2.24) is 4.57 Å². The SMILES string of the molecule is CCOc1ccc(-n2c(C)cc(C=CC(=O)O)c2C)cc1. The largest absolute Gasteiger partial charge is 0.494 e. The Balaban J connectivity index is 2.37. The molecule has 1 N–H and O–H groups in total. The first kappa shape index (κ1) is 14.9. The van der Waals surface area contributed by atoms with Crippen LogP contribution in [0.15, 0.2) is 36.4 Å². The Morgan fingerprint density at radius 1 is 1.29 bits per heavy atom. The number of carboxylic acids is 1. The number of hydrogen-bond acceptors (Lipinski definition) is 2. The van der Waals surface area contributed by atoms with Crippen LogP contribution in [0.2, 0.25) is 0 Å². The number of carbonyl (C=O) groups is 1. The third kappa shape index (κ3) is 3.34. The highest BCUT2D eigenvalue weighted by Gasteiger charge is 2.09. The number of ether oxygens (including phenoxy) is 1. The molecule has 0 saturated carbocycles. The summed E-state index contributed by atoms with van der Waals surface area (Å²) in [5, 5.41) is 8.73. The van der Waals surface area contributed by atoms with Crippen LogP contribution in [0.1, 0.15) is 23.9 Å². The lowest BCUT2D eigenvalue weighted by Crippen LogP contribution is -1.99. The van der Waals surface area contributed by atoms with Crippen molar-refractivity contribution in [3.8, 4) is 11.4 Å². The predicted octanol–water partition coefficient (Wildman–Crippen LogP) is 3.59. The highest BCUT2D eigenvalue weighted by Crippen LogP contribution is 2.23. The first-order valence-electron chi connectivity index (χ1n) is 6.86. The minimum absolute atomic E-state index is 0.644. The monoisotopic (exact) mass is 285 g/mol. The van der Waals surface area contributed by atoms with Gasteiger partial charge in [-0.1, -0.05) is 0 Å². The minimum Gasteiger partial charge on any atom is -0.494 e. The van der Waals surface area contributed by atoms with Gasteiger partial charge in [-0.05, 0) is 62.7 Å². The summed E-state index contributed by atoms with van der Waals surface area (Å²) in [5.74, 6) is -0.101. The molecule has 0 aliphatic carbocycles. The summed E-state index contributed by atoms with van der Waals surface area (Å²) >= 11 is 0. The van der Waals surface area contributed by atoms with E-state index in [1.54, 1.807) is 6.08 Å². The standard InChI is InChI=1S/C17H19NO3/c1-4-21-16-8-6-15(7-9-16)18-12(2)11-14(13(18)3)5-10-17(19)20/h5-11H,4H2,1-3H3,(H,19,20). The predicted molar refractivity (Wildman–Crippen MR) is 83.1 cm³/mol. The quantitative estimate of drug-likeness (QED) is 0.854. The maximum absolute atomic E-state index is 10.6. The van der Waals surface area contributed by atoms with Gasteiger partial charge in [-0.15, -0.1) is 0 Å². The van der Waals surface area contributed by atoms with Crippen LogP contribution in [-0.4, -0.2) is 22.2 Å². The molecule has 0 unspecified atom stereocenters. The zero-order chi connectivity index (χ0) is 15.4. The summed E-state index contributed by atoms with van der Waals surface area (Å²) in [6.45, 7) is 6.58. The number of hydrogen-bond donors (Lipinski definition) is 1. The van der Waals surface area contributed by atoms with Gasteiger partial charge < -0.3 is 14.4 Å². The highest BCUT2D eigenvalue weighted by atomic mass is 16.5. The van der Waals surface area contributed by atoms with Gasteiger partial charge in [0.25, 0.3) is 0 Å². The maximum Gasteiger partial charge on any atom is 0.328 e. The average molecular weight is 285 g/mol. The molecule has 110 valence electrons. The number of aliphatic carboxylic acids is 1. The highest BCUT2D eigenvalue weighted by molar-refractivity contribution is 5.85. The lowest BCUT2D eigenvalue weighted by molar-refractivity contribution is -0.131. The third-order valence-corrected chi connectivity index (χ3v) is 3.28. The molecule has 0 atom stereocenters. The van der Waals surface area contributed by atoms with Crippen molar-refractivity contribution in [2.24, 2.45) is 0 Å². The fourth-order valence-electron chi connectivity index (χ4n) is 2.37. The second kappa shape index (κ2) is 6.31.